The molecule has 1 saturated carbocycles. The summed E-state index contributed by atoms with van der Waals surface area (Å²) < 4.78 is 11.8. The average molecular weight is 347 g/mol. The summed E-state index contributed by atoms with van der Waals surface area (Å²) in [4.78, 5) is 2.45. The van der Waals surface area contributed by atoms with Gasteiger partial charge in [-0.15, -0.1) is 0 Å². The molecule has 4 nitrogen and oxygen atoms in total. The van der Waals surface area contributed by atoms with E-state index in [1.807, 2.05) is 0 Å². The van der Waals surface area contributed by atoms with Gasteiger partial charge in [0.1, 0.15) is 5.75 Å². The van der Waals surface area contributed by atoms with Crippen LogP contribution < -0.4 is 4.74 Å². The van der Waals surface area contributed by atoms with Gasteiger partial charge in [0.25, 0.3) is 0 Å². The molecule has 1 aliphatic heterocycles. The molecule has 2 fully saturated rings. The molecule has 0 unspecified atom stereocenters. The van der Waals surface area contributed by atoms with Crippen LogP contribution in [-0.2, 0) is 17.6 Å². The first-order valence-electron chi connectivity index (χ1n) is 9.90. The molecule has 25 heavy (non-hydrogen) atoms. The summed E-state index contributed by atoms with van der Waals surface area (Å²) in [5.74, 6) is 0.988. The molecule has 0 amide bonds. The van der Waals surface area contributed by atoms with Crippen LogP contribution in [0.2, 0.25) is 0 Å². The standard InChI is InChI=1S/C21H33NO3/c1-3-17-9-8-16(14-21(17)24-2)11-13-25-20-7-5-4-6-19(20)22-12-10-18(23)15-22/h8-9,14,18-20,23H,3-7,10-13,15H2,1-2H3/t18-,19-,20+/m0/s1. The summed E-state index contributed by atoms with van der Waals surface area (Å²) in [5.41, 5.74) is 2.53. The predicted molar refractivity (Wildman–Crippen MR) is 100 cm³/mol. The number of hydrogen-bond donors (Lipinski definition) is 1. The van der Waals surface area contributed by atoms with Gasteiger partial charge in [0, 0.05) is 19.1 Å². The van der Waals surface area contributed by atoms with Crippen molar-refractivity contribution in [2.45, 2.75) is 70.1 Å². The summed E-state index contributed by atoms with van der Waals surface area (Å²) in [6.45, 7) is 4.74. The Hall–Kier alpha value is -1.10. The average Bonchev–Trinajstić information content (AvgIpc) is 3.08. The van der Waals surface area contributed by atoms with Gasteiger partial charge in [0.15, 0.2) is 0 Å². The molecule has 4 heteroatoms. The minimum absolute atomic E-state index is 0.146. The summed E-state index contributed by atoms with van der Waals surface area (Å²) in [7, 11) is 1.74. The predicted octanol–water partition coefficient (Wildman–Crippen LogP) is 3.19. The van der Waals surface area contributed by atoms with Crippen LogP contribution in [0.15, 0.2) is 18.2 Å². The fraction of sp³-hybridized carbons (Fsp3) is 0.714. The molecule has 0 spiro atoms. The molecule has 0 aromatic heterocycles. The van der Waals surface area contributed by atoms with E-state index < -0.39 is 0 Å². The summed E-state index contributed by atoms with van der Waals surface area (Å²) in [5, 5.41) is 9.84. The number of β-amino-alcohol motifs (C(OH)–C–C–N with tert-alkyl or cyclic N) is 1. The molecule has 3 rings (SSSR count). The lowest BCUT2D eigenvalue weighted by Crippen LogP contribution is -2.46. The third kappa shape index (κ3) is 4.75. The highest BCUT2D eigenvalue weighted by Gasteiger charge is 2.34. The highest BCUT2D eigenvalue weighted by atomic mass is 16.5. The van der Waals surface area contributed by atoms with Crippen molar-refractivity contribution in [3.63, 3.8) is 0 Å². The number of hydrogen-bond acceptors (Lipinski definition) is 4. The summed E-state index contributed by atoms with van der Waals surface area (Å²) in [6.07, 6.45) is 7.89. The first-order valence-corrected chi connectivity index (χ1v) is 9.90. The SMILES string of the molecule is CCc1ccc(CCO[C@@H]2CCCC[C@@H]2N2CC[C@H](O)C2)cc1OC. The molecule has 0 bridgehead atoms. The molecule has 0 radical (unpaired) electrons. The smallest absolute Gasteiger partial charge is 0.122 e. The van der Waals surface area contributed by atoms with Crippen molar-refractivity contribution >= 4 is 0 Å². The fourth-order valence-corrected chi connectivity index (χ4v) is 4.32. The van der Waals surface area contributed by atoms with Crippen LogP contribution in [0.5, 0.6) is 5.75 Å². The number of aliphatic hydroxyl groups is 1. The number of benzene rings is 1. The maximum atomic E-state index is 9.84. The van der Waals surface area contributed by atoms with E-state index in [1.165, 1.54) is 30.4 Å². The second kappa shape index (κ2) is 9.02. The maximum absolute atomic E-state index is 9.84. The Bertz CT molecular complexity index is 548. The van der Waals surface area contributed by atoms with E-state index in [-0.39, 0.29) is 6.10 Å². The molecule has 3 atom stereocenters. The quantitative estimate of drug-likeness (QED) is 0.822. The van der Waals surface area contributed by atoms with E-state index >= 15 is 0 Å². The van der Waals surface area contributed by atoms with Gasteiger partial charge in [-0.05, 0) is 49.3 Å². The van der Waals surface area contributed by atoms with E-state index in [9.17, 15) is 5.11 Å². The molecule has 1 aliphatic carbocycles. The van der Waals surface area contributed by atoms with Gasteiger partial charge < -0.3 is 14.6 Å². The van der Waals surface area contributed by atoms with Gasteiger partial charge in [-0.25, -0.2) is 0 Å². The zero-order valence-corrected chi connectivity index (χ0v) is 15.7. The molecular formula is C21H33NO3. The van der Waals surface area contributed by atoms with E-state index in [0.717, 1.165) is 51.1 Å². The van der Waals surface area contributed by atoms with Gasteiger partial charge in [-0.1, -0.05) is 31.9 Å². The third-order valence-electron chi connectivity index (χ3n) is 5.79. The highest BCUT2D eigenvalue weighted by molar-refractivity contribution is 5.37. The van der Waals surface area contributed by atoms with Gasteiger partial charge in [0.05, 0.1) is 25.9 Å². The van der Waals surface area contributed by atoms with Crippen LogP contribution in [-0.4, -0.2) is 55.1 Å². The minimum atomic E-state index is -0.146. The molecule has 1 aromatic rings. The van der Waals surface area contributed by atoms with Crippen molar-refractivity contribution in [1.29, 1.82) is 0 Å². The molecule has 1 aromatic carbocycles. The molecule has 1 heterocycles. The van der Waals surface area contributed by atoms with Crippen LogP contribution >= 0.6 is 0 Å². The lowest BCUT2D eigenvalue weighted by Gasteiger charge is -2.37. The number of rotatable bonds is 7. The number of nitrogens with zero attached hydrogens (tertiary/aromatic N) is 1. The minimum Gasteiger partial charge on any atom is -0.496 e. The first kappa shape index (κ1) is 18.7. The van der Waals surface area contributed by atoms with Gasteiger partial charge in [-0.2, -0.15) is 0 Å². The Balaban J connectivity index is 1.53. The van der Waals surface area contributed by atoms with Crippen molar-refractivity contribution in [2.24, 2.45) is 0 Å². The van der Waals surface area contributed by atoms with Crippen LogP contribution in [0.4, 0.5) is 0 Å². The van der Waals surface area contributed by atoms with Gasteiger partial charge in [0.2, 0.25) is 0 Å². The highest BCUT2D eigenvalue weighted by Crippen LogP contribution is 2.28. The van der Waals surface area contributed by atoms with Crippen molar-refractivity contribution < 1.29 is 14.6 Å². The van der Waals surface area contributed by atoms with E-state index in [4.69, 9.17) is 9.47 Å². The largest absolute Gasteiger partial charge is 0.496 e. The molecule has 1 N–H and O–H groups in total. The Kier molecular flexibility index (Phi) is 6.74. The normalized spacial score (nSPS) is 27.6. The topological polar surface area (TPSA) is 41.9 Å². The Morgan fingerprint density at radius 1 is 1.20 bits per heavy atom. The molecular weight excluding hydrogens is 314 g/mol. The van der Waals surface area contributed by atoms with Gasteiger partial charge >= 0.3 is 0 Å². The molecule has 140 valence electrons. The Labute approximate surface area is 152 Å². The number of ether oxygens (including phenoxy) is 2. The zero-order valence-electron chi connectivity index (χ0n) is 15.7. The summed E-state index contributed by atoms with van der Waals surface area (Å²) in [6, 6.07) is 7.00. The number of likely N-dealkylation sites (tertiary alicyclic amines) is 1. The summed E-state index contributed by atoms with van der Waals surface area (Å²) >= 11 is 0. The number of methoxy groups -OCH3 is 1. The molecule has 1 saturated heterocycles. The lowest BCUT2D eigenvalue weighted by molar-refractivity contribution is -0.0316. The van der Waals surface area contributed by atoms with Crippen LogP contribution in [0.25, 0.3) is 0 Å². The van der Waals surface area contributed by atoms with E-state index in [0.29, 0.717) is 12.1 Å². The lowest BCUT2D eigenvalue weighted by atomic mass is 9.91. The zero-order chi connectivity index (χ0) is 17.6. The van der Waals surface area contributed by atoms with Crippen LogP contribution in [0.1, 0.15) is 50.2 Å². The van der Waals surface area contributed by atoms with Crippen LogP contribution in [0.3, 0.4) is 0 Å². The van der Waals surface area contributed by atoms with Crippen molar-refractivity contribution in [3.05, 3.63) is 29.3 Å². The monoisotopic (exact) mass is 347 g/mol. The van der Waals surface area contributed by atoms with Crippen molar-refractivity contribution in [2.75, 3.05) is 26.8 Å². The third-order valence-corrected chi connectivity index (χ3v) is 5.79. The van der Waals surface area contributed by atoms with E-state index in [1.54, 1.807) is 7.11 Å². The molecule has 2 aliphatic rings. The van der Waals surface area contributed by atoms with E-state index in [2.05, 4.69) is 30.0 Å². The van der Waals surface area contributed by atoms with Crippen molar-refractivity contribution in [3.8, 4) is 5.75 Å². The van der Waals surface area contributed by atoms with Crippen LogP contribution in [0, 0.1) is 0 Å². The van der Waals surface area contributed by atoms with Crippen molar-refractivity contribution in [1.82, 2.24) is 4.90 Å². The number of aliphatic hydroxyl groups excluding tert-OH is 1. The second-order valence-corrected chi connectivity index (χ2v) is 7.45. The van der Waals surface area contributed by atoms with Gasteiger partial charge in [-0.3, -0.25) is 4.90 Å². The maximum Gasteiger partial charge on any atom is 0.122 e. The number of aryl methyl sites for hydroxylation is 1. The Morgan fingerprint density at radius 3 is 2.76 bits per heavy atom. The second-order valence-electron chi connectivity index (χ2n) is 7.45. The fourth-order valence-electron chi connectivity index (χ4n) is 4.32. The first-order chi connectivity index (χ1) is 12.2. The Morgan fingerprint density at radius 2 is 2.04 bits per heavy atom.